The van der Waals surface area contributed by atoms with Crippen LogP contribution in [0, 0.1) is 0 Å². The third-order valence-electron chi connectivity index (χ3n) is 6.05. The normalized spacial score (nSPS) is 21.4. The van der Waals surface area contributed by atoms with E-state index in [2.05, 4.69) is 10.2 Å². The van der Waals surface area contributed by atoms with Gasteiger partial charge in [0.05, 0.1) is 25.0 Å². The van der Waals surface area contributed by atoms with Crippen LogP contribution in [-0.2, 0) is 14.8 Å². The monoisotopic (exact) mass is 449 g/mol. The first kappa shape index (κ1) is 22.2. The van der Waals surface area contributed by atoms with Crippen molar-refractivity contribution in [3.05, 3.63) is 35.9 Å². The number of fused-ring (bicyclic) bond motifs is 1. The van der Waals surface area contributed by atoms with Gasteiger partial charge in [0, 0.05) is 44.8 Å². The number of morpholine rings is 1. The Bertz CT molecular complexity index is 1020. The number of ether oxygens (including phenoxy) is 1. The molecule has 31 heavy (non-hydrogen) atoms. The summed E-state index contributed by atoms with van der Waals surface area (Å²) in [5.41, 5.74) is 1.15. The van der Waals surface area contributed by atoms with Crippen molar-refractivity contribution in [3.8, 4) is 0 Å². The van der Waals surface area contributed by atoms with Gasteiger partial charge in [-0.2, -0.15) is 0 Å². The van der Waals surface area contributed by atoms with Crippen LogP contribution in [0.4, 0.5) is 0 Å². The maximum absolute atomic E-state index is 12.9. The highest BCUT2D eigenvalue weighted by molar-refractivity contribution is 7.88. The van der Waals surface area contributed by atoms with E-state index < -0.39 is 10.0 Å². The summed E-state index contributed by atoms with van der Waals surface area (Å²) in [4.78, 5) is 19.9. The van der Waals surface area contributed by atoms with Gasteiger partial charge in [0.25, 0.3) is 5.91 Å². The molecule has 0 spiro atoms. The largest absolute Gasteiger partial charge is 0.379 e. The minimum Gasteiger partial charge on any atom is -0.379 e. The third-order valence-corrected chi connectivity index (χ3v) is 7.32. The van der Waals surface area contributed by atoms with Crippen molar-refractivity contribution in [2.24, 2.45) is 0 Å². The van der Waals surface area contributed by atoms with E-state index in [0.717, 1.165) is 63.5 Å². The molecule has 0 aromatic carbocycles. The van der Waals surface area contributed by atoms with Gasteiger partial charge >= 0.3 is 0 Å². The molecule has 2 fully saturated rings. The van der Waals surface area contributed by atoms with Crippen molar-refractivity contribution in [3.63, 3.8) is 0 Å². The van der Waals surface area contributed by atoms with Gasteiger partial charge in [-0.1, -0.05) is 6.07 Å². The molecule has 2 aliphatic rings. The zero-order valence-corrected chi connectivity index (χ0v) is 18.8. The second kappa shape index (κ2) is 9.64. The topological polar surface area (TPSA) is 96.2 Å². The first-order chi connectivity index (χ1) is 14.9. The van der Waals surface area contributed by atoms with Gasteiger partial charge in [0.15, 0.2) is 5.69 Å². The van der Waals surface area contributed by atoms with E-state index in [1.807, 2.05) is 28.8 Å². The lowest BCUT2D eigenvalue weighted by atomic mass is 9.99. The zero-order chi connectivity index (χ0) is 21.8. The van der Waals surface area contributed by atoms with Gasteiger partial charge in [-0.3, -0.25) is 9.69 Å². The Balaban J connectivity index is 1.45. The maximum atomic E-state index is 12.9. The number of aromatic nitrogens is 2. The Hall–Kier alpha value is -2.01. The Labute approximate surface area is 183 Å². The molecule has 10 heteroatoms. The molecule has 1 amide bonds. The molecule has 0 radical (unpaired) electrons. The van der Waals surface area contributed by atoms with Crippen LogP contribution < -0.4 is 5.32 Å². The summed E-state index contributed by atoms with van der Waals surface area (Å²) in [5.74, 6) is 0.524. The lowest BCUT2D eigenvalue weighted by Crippen LogP contribution is -2.38. The fourth-order valence-corrected chi connectivity index (χ4v) is 5.30. The Morgan fingerprint density at radius 2 is 2.06 bits per heavy atom. The molecule has 4 rings (SSSR count). The highest BCUT2D eigenvalue weighted by Crippen LogP contribution is 2.29. The molecule has 2 saturated heterocycles. The van der Waals surface area contributed by atoms with Gasteiger partial charge in [-0.05, 0) is 37.9 Å². The molecule has 4 heterocycles. The quantitative estimate of drug-likeness (QED) is 0.632. The number of imidazole rings is 1. The van der Waals surface area contributed by atoms with Crippen molar-refractivity contribution in [1.82, 2.24) is 23.9 Å². The van der Waals surface area contributed by atoms with Crippen LogP contribution >= 0.6 is 0 Å². The van der Waals surface area contributed by atoms with E-state index in [4.69, 9.17) is 9.72 Å². The van der Waals surface area contributed by atoms with E-state index in [1.165, 1.54) is 10.6 Å². The second-order valence-corrected chi connectivity index (χ2v) is 10.3. The maximum Gasteiger partial charge on any atom is 0.272 e. The van der Waals surface area contributed by atoms with Crippen molar-refractivity contribution < 1.29 is 17.9 Å². The first-order valence-corrected chi connectivity index (χ1v) is 12.8. The standard InChI is InChI=1S/C21H31N5O4S/c1-31(28,29)25-10-4-6-17(16-25)20-23-19(18-7-2-3-11-26(18)20)21(27)22-8-5-9-24-12-14-30-15-13-24/h2-3,7,11,17H,4-6,8-10,12-16H2,1H3,(H,22,27)/t17-/m0/s1. The minimum atomic E-state index is -3.25. The third kappa shape index (κ3) is 5.25. The van der Waals surface area contributed by atoms with Crippen molar-refractivity contribution in [1.29, 1.82) is 0 Å². The van der Waals surface area contributed by atoms with Gasteiger partial charge in [-0.15, -0.1) is 0 Å². The summed E-state index contributed by atoms with van der Waals surface area (Å²) >= 11 is 0. The van der Waals surface area contributed by atoms with Crippen LogP contribution in [0.25, 0.3) is 5.52 Å². The van der Waals surface area contributed by atoms with Crippen LogP contribution in [0.3, 0.4) is 0 Å². The number of sulfonamides is 1. The summed E-state index contributed by atoms with van der Waals surface area (Å²) < 4.78 is 32.9. The Morgan fingerprint density at radius 3 is 2.84 bits per heavy atom. The molecule has 0 unspecified atom stereocenters. The molecule has 0 bridgehead atoms. The van der Waals surface area contributed by atoms with Gasteiger partial charge in [0.1, 0.15) is 5.82 Å². The van der Waals surface area contributed by atoms with Crippen LogP contribution in [0.2, 0.25) is 0 Å². The van der Waals surface area contributed by atoms with E-state index in [-0.39, 0.29) is 11.8 Å². The minimum absolute atomic E-state index is 0.0405. The molecular formula is C21H31N5O4S. The van der Waals surface area contributed by atoms with Crippen LogP contribution in [-0.4, -0.2) is 91.7 Å². The van der Waals surface area contributed by atoms with Gasteiger partial charge < -0.3 is 14.5 Å². The van der Waals surface area contributed by atoms with Crippen LogP contribution in [0.1, 0.15) is 41.5 Å². The number of carbonyl (C=O) groups excluding carboxylic acids is 1. The number of amides is 1. The molecule has 2 aliphatic heterocycles. The van der Waals surface area contributed by atoms with Crippen LogP contribution in [0.5, 0.6) is 0 Å². The number of pyridine rings is 1. The fraction of sp³-hybridized carbons (Fsp3) is 0.619. The van der Waals surface area contributed by atoms with E-state index in [9.17, 15) is 13.2 Å². The number of carbonyl (C=O) groups is 1. The molecule has 1 N–H and O–H groups in total. The molecular weight excluding hydrogens is 418 g/mol. The molecule has 1 atom stereocenters. The Kier molecular flexibility index (Phi) is 6.90. The lowest BCUT2D eigenvalue weighted by molar-refractivity contribution is 0.0374. The summed E-state index contributed by atoms with van der Waals surface area (Å²) in [6, 6.07) is 5.68. The molecule has 0 saturated carbocycles. The molecule has 2 aromatic heterocycles. The smallest absolute Gasteiger partial charge is 0.272 e. The van der Waals surface area contributed by atoms with E-state index >= 15 is 0 Å². The van der Waals surface area contributed by atoms with Crippen molar-refractivity contribution in [2.45, 2.75) is 25.2 Å². The van der Waals surface area contributed by atoms with E-state index in [1.54, 1.807) is 0 Å². The number of hydrogen-bond acceptors (Lipinski definition) is 6. The summed E-state index contributed by atoms with van der Waals surface area (Å²) in [7, 11) is -3.25. The first-order valence-electron chi connectivity index (χ1n) is 10.9. The van der Waals surface area contributed by atoms with Crippen molar-refractivity contribution >= 4 is 21.4 Å². The average Bonchev–Trinajstić information content (AvgIpc) is 3.17. The van der Waals surface area contributed by atoms with Crippen molar-refractivity contribution in [2.75, 3.05) is 58.7 Å². The fourth-order valence-electron chi connectivity index (χ4n) is 4.38. The molecule has 2 aromatic rings. The molecule has 9 nitrogen and oxygen atoms in total. The Morgan fingerprint density at radius 1 is 1.26 bits per heavy atom. The number of piperidine rings is 1. The molecule has 0 aliphatic carbocycles. The summed E-state index contributed by atoms with van der Waals surface area (Å²) in [6.45, 7) is 5.87. The SMILES string of the molecule is CS(=O)(=O)N1CCC[C@H](c2nc(C(=O)NCCCN3CCOCC3)c3ccccn23)C1. The number of hydrogen-bond donors (Lipinski definition) is 1. The number of rotatable bonds is 7. The predicted molar refractivity (Wildman–Crippen MR) is 118 cm³/mol. The van der Waals surface area contributed by atoms with Gasteiger partial charge in [-0.25, -0.2) is 17.7 Å². The summed E-state index contributed by atoms with van der Waals surface area (Å²) in [5, 5.41) is 3.00. The highest BCUT2D eigenvalue weighted by Gasteiger charge is 2.30. The molecule has 170 valence electrons. The predicted octanol–water partition coefficient (Wildman–Crippen LogP) is 0.925. The second-order valence-electron chi connectivity index (χ2n) is 8.30. The average molecular weight is 450 g/mol. The number of nitrogens with zero attached hydrogens (tertiary/aromatic N) is 4. The van der Waals surface area contributed by atoms with Crippen LogP contribution in [0.15, 0.2) is 24.4 Å². The zero-order valence-electron chi connectivity index (χ0n) is 18.0. The summed E-state index contributed by atoms with van der Waals surface area (Å²) in [6.07, 6.45) is 5.64. The lowest BCUT2D eigenvalue weighted by Gasteiger charge is -2.30. The van der Waals surface area contributed by atoms with E-state index in [0.29, 0.717) is 25.3 Å². The highest BCUT2D eigenvalue weighted by atomic mass is 32.2. The van der Waals surface area contributed by atoms with Gasteiger partial charge in [0.2, 0.25) is 10.0 Å². The number of nitrogens with one attached hydrogen (secondary N) is 1.